The molecule has 13 heavy (non-hydrogen) atoms. The van der Waals surface area contributed by atoms with E-state index in [1.165, 1.54) is 0 Å². The third kappa shape index (κ3) is 2.86. The van der Waals surface area contributed by atoms with E-state index in [0.717, 1.165) is 12.0 Å². The Balaban J connectivity index is 2.62. The second-order valence-corrected chi connectivity index (χ2v) is 3.23. The highest BCUT2D eigenvalue weighted by molar-refractivity contribution is 5.47. The van der Waals surface area contributed by atoms with Crippen molar-refractivity contribution >= 4 is 6.41 Å². The Morgan fingerprint density at radius 3 is 2.85 bits per heavy atom. The molecule has 0 spiro atoms. The Morgan fingerprint density at radius 2 is 2.38 bits per heavy atom. The van der Waals surface area contributed by atoms with Crippen molar-refractivity contribution in [2.45, 2.75) is 26.4 Å². The first-order chi connectivity index (χ1) is 6.24. The molecule has 3 heteroatoms. The summed E-state index contributed by atoms with van der Waals surface area (Å²) in [5, 5.41) is 0. The first kappa shape index (κ1) is 9.71. The number of hydrogen-bond donors (Lipinski definition) is 0. The minimum atomic E-state index is 0.234. The number of nitrogens with zero attached hydrogens (tertiary/aromatic N) is 2. The van der Waals surface area contributed by atoms with Crippen molar-refractivity contribution in [1.82, 2.24) is 9.88 Å². The first-order valence-corrected chi connectivity index (χ1v) is 4.34. The van der Waals surface area contributed by atoms with Gasteiger partial charge in [-0.3, -0.25) is 9.78 Å². The maximum absolute atomic E-state index is 10.7. The van der Waals surface area contributed by atoms with Crippen molar-refractivity contribution in [2.75, 3.05) is 0 Å². The Labute approximate surface area is 78.4 Å². The largest absolute Gasteiger partial charge is 0.338 e. The lowest BCUT2D eigenvalue weighted by Gasteiger charge is -2.21. The molecule has 0 aliphatic heterocycles. The van der Waals surface area contributed by atoms with Crippen LogP contribution in [-0.4, -0.2) is 22.3 Å². The van der Waals surface area contributed by atoms with Crippen molar-refractivity contribution in [2.24, 2.45) is 0 Å². The third-order valence-electron chi connectivity index (χ3n) is 1.89. The second kappa shape index (κ2) is 4.60. The summed E-state index contributed by atoms with van der Waals surface area (Å²) in [4.78, 5) is 16.4. The van der Waals surface area contributed by atoms with Crippen molar-refractivity contribution in [3.63, 3.8) is 0 Å². The molecule has 0 saturated carbocycles. The second-order valence-electron chi connectivity index (χ2n) is 3.23. The van der Waals surface area contributed by atoms with Crippen LogP contribution in [-0.2, 0) is 11.3 Å². The van der Waals surface area contributed by atoms with E-state index in [1.807, 2.05) is 26.0 Å². The lowest BCUT2D eigenvalue weighted by atomic mass is 10.2. The number of aromatic nitrogens is 1. The summed E-state index contributed by atoms with van der Waals surface area (Å²) in [7, 11) is 0. The summed E-state index contributed by atoms with van der Waals surface area (Å²) in [6.45, 7) is 4.62. The van der Waals surface area contributed by atoms with Crippen LogP contribution in [0.5, 0.6) is 0 Å². The predicted octanol–water partition coefficient (Wildman–Crippen LogP) is 1.45. The normalized spacial score (nSPS) is 10.1. The molecule has 0 radical (unpaired) electrons. The van der Waals surface area contributed by atoms with Gasteiger partial charge in [0.05, 0.1) is 0 Å². The molecule has 1 heterocycles. The van der Waals surface area contributed by atoms with Gasteiger partial charge in [0.25, 0.3) is 0 Å². The van der Waals surface area contributed by atoms with Gasteiger partial charge >= 0.3 is 0 Å². The molecule has 1 rings (SSSR count). The molecule has 0 unspecified atom stereocenters. The molecule has 1 aromatic heterocycles. The van der Waals surface area contributed by atoms with Gasteiger partial charge in [0.15, 0.2) is 0 Å². The zero-order valence-electron chi connectivity index (χ0n) is 7.97. The summed E-state index contributed by atoms with van der Waals surface area (Å²) >= 11 is 0. The molecular weight excluding hydrogens is 164 g/mol. The minimum Gasteiger partial charge on any atom is -0.338 e. The van der Waals surface area contributed by atoms with Crippen LogP contribution >= 0.6 is 0 Å². The number of carbonyl (C=O) groups excluding carboxylic acids is 1. The third-order valence-corrected chi connectivity index (χ3v) is 1.89. The van der Waals surface area contributed by atoms with Crippen molar-refractivity contribution in [3.05, 3.63) is 30.1 Å². The van der Waals surface area contributed by atoms with E-state index in [9.17, 15) is 4.79 Å². The molecule has 0 aliphatic rings. The molecule has 1 amide bonds. The van der Waals surface area contributed by atoms with E-state index in [0.29, 0.717) is 6.54 Å². The van der Waals surface area contributed by atoms with Gasteiger partial charge in [-0.25, -0.2) is 0 Å². The van der Waals surface area contributed by atoms with Gasteiger partial charge in [-0.15, -0.1) is 0 Å². The highest BCUT2D eigenvalue weighted by atomic mass is 16.1. The Kier molecular flexibility index (Phi) is 3.43. The minimum absolute atomic E-state index is 0.234. The van der Waals surface area contributed by atoms with Crippen molar-refractivity contribution in [3.8, 4) is 0 Å². The van der Waals surface area contributed by atoms with Crippen LogP contribution in [0.2, 0.25) is 0 Å². The van der Waals surface area contributed by atoms with E-state index in [2.05, 4.69) is 4.98 Å². The number of rotatable bonds is 4. The maximum Gasteiger partial charge on any atom is 0.210 e. The molecule has 0 fully saturated rings. The topological polar surface area (TPSA) is 33.2 Å². The molecule has 70 valence electrons. The summed E-state index contributed by atoms with van der Waals surface area (Å²) in [5.41, 5.74) is 1.06. The van der Waals surface area contributed by atoms with Crippen LogP contribution in [0.15, 0.2) is 24.5 Å². The van der Waals surface area contributed by atoms with E-state index in [-0.39, 0.29) is 6.04 Å². The van der Waals surface area contributed by atoms with Gasteiger partial charge in [0.2, 0.25) is 6.41 Å². The lowest BCUT2D eigenvalue weighted by Crippen LogP contribution is -2.28. The van der Waals surface area contributed by atoms with Gasteiger partial charge in [-0.1, -0.05) is 6.07 Å². The van der Waals surface area contributed by atoms with Crippen LogP contribution in [0.1, 0.15) is 19.4 Å². The Morgan fingerprint density at radius 1 is 1.62 bits per heavy atom. The molecule has 0 saturated heterocycles. The van der Waals surface area contributed by atoms with Crippen LogP contribution in [0.3, 0.4) is 0 Å². The van der Waals surface area contributed by atoms with Gasteiger partial charge < -0.3 is 4.90 Å². The predicted molar refractivity (Wildman–Crippen MR) is 51.0 cm³/mol. The maximum atomic E-state index is 10.7. The SMILES string of the molecule is CC(C)N(C=O)Cc1cccnc1. The van der Waals surface area contributed by atoms with E-state index in [1.54, 1.807) is 17.3 Å². The molecule has 0 bridgehead atoms. The molecular formula is C10H14N2O. The fraction of sp³-hybridized carbons (Fsp3) is 0.400. The van der Waals surface area contributed by atoms with Crippen molar-refractivity contribution in [1.29, 1.82) is 0 Å². The smallest absolute Gasteiger partial charge is 0.210 e. The number of hydrogen-bond acceptors (Lipinski definition) is 2. The van der Waals surface area contributed by atoms with Gasteiger partial charge in [-0.2, -0.15) is 0 Å². The zero-order chi connectivity index (χ0) is 9.68. The quantitative estimate of drug-likeness (QED) is 0.654. The zero-order valence-corrected chi connectivity index (χ0v) is 7.97. The highest BCUT2D eigenvalue weighted by Gasteiger charge is 2.06. The van der Waals surface area contributed by atoms with Crippen LogP contribution < -0.4 is 0 Å². The summed E-state index contributed by atoms with van der Waals surface area (Å²) in [5.74, 6) is 0. The summed E-state index contributed by atoms with van der Waals surface area (Å²) in [6, 6.07) is 4.07. The Bertz CT molecular complexity index is 259. The van der Waals surface area contributed by atoms with Gasteiger partial charge in [0.1, 0.15) is 0 Å². The molecule has 0 aliphatic carbocycles. The average molecular weight is 178 g/mol. The molecule has 0 N–H and O–H groups in total. The average Bonchev–Trinajstić information content (AvgIpc) is 2.15. The number of carbonyl (C=O) groups is 1. The molecule has 0 aromatic carbocycles. The van der Waals surface area contributed by atoms with Crippen LogP contribution in [0, 0.1) is 0 Å². The van der Waals surface area contributed by atoms with E-state index < -0.39 is 0 Å². The van der Waals surface area contributed by atoms with Gasteiger partial charge in [0, 0.05) is 25.0 Å². The van der Waals surface area contributed by atoms with Crippen LogP contribution in [0.25, 0.3) is 0 Å². The summed E-state index contributed by atoms with van der Waals surface area (Å²) in [6.07, 6.45) is 4.38. The first-order valence-electron chi connectivity index (χ1n) is 4.34. The molecule has 3 nitrogen and oxygen atoms in total. The highest BCUT2D eigenvalue weighted by Crippen LogP contribution is 2.03. The Hall–Kier alpha value is -1.38. The molecule has 1 aromatic rings. The van der Waals surface area contributed by atoms with Gasteiger partial charge in [-0.05, 0) is 25.5 Å². The fourth-order valence-electron chi connectivity index (χ4n) is 1.04. The number of pyridine rings is 1. The standard InChI is InChI=1S/C10H14N2O/c1-9(2)12(8-13)7-10-4-3-5-11-6-10/h3-6,8-9H,7H2,1-2H3. The molecule has 0 atom stereocenters. The van der Waals surface area contributed by atoms with Crippen LogP contribution in [0.4, 0.5) is 0 Å². The van der Waals surface area contributed by atoms with Crippen molar-refractivity contribution < 1.29 is 4.79 Å². The lowest BCUT2D eigenvalue weighted by molar-refractivity contribution is -0.120. The monoisotopic (exact) mass is 178 g/mol. The number of amides is 1. The summed E-state index contributed by atoms with van der Waals surface area (Å²) < 4.78 is 0. The fourth-order valence-corrected chi connectivity index (χ4v) is 1.04. The van der Waals surface area contributed by atoms with E-state index >= 15 is 0 Å². The van der Waals surface area contributed by atoms with E-state index in [4.69, 9.17) is 0 Å².